The summed E-state index contributed by atoms with van der Waals surface area (Å²) < 4.78 is 0. The SMILES string of the molecule is Cc1cccc(C(=O)N2CCC[C@@H]2CO)n1. The van der Waals surface area contributed by atoms with Gasteiger partial charge in [-0.25, -0.2) is 4.98 Å². The number of aliphatic hydroxyl groups is 1. The summed E-state index contributed by atoms with van der Waals surface area (Å²) in [7, 11) is 0. The lowest BCUT2D eigenvalue weighted by atomic mass is 10.2. The van der Waals surface area contributed by atoms with E-state index in [1.165, 1.54) is 0 Å². The van der Waals surface area contributed by atoms with Gasteiger partial charge in [-0.15, -0.1) is 0 Å². The highest BCUT2D eigenvalue weighted by Gasteiger charge is 2.29. The molecule has 0 unspecified atom stereocenters. The number of likely N-dealkylation sites (tertiary alicyclic amines) is 1. The van der Waals surface area contributed by atoms with Gasteiger partial charge in [-0.3, -0.25) is 4.79 Å². The van der Waals surface area contributed by atoms with Crippen LogP contribution in [0, 0.1) is 6.92 Å². The smallest absolute Gasteiger partial charge is 0.272 e. The highest BCUT2D eigenvalue weighted by molar-refractivity contribution is 5.92. The van der Waals surface area contributed by atoms with Crippen molar-refractivity contribution in [1.82, 2.24) is 9.88 Å². The van der Waals surface area contributed by atoms with Crippen molar-refractivity contribution < 1.29 is 9.90 Å². The van der Waals surface area contributed by atoms with Gasteiger partial charge in [0.1, 0.15) is 5.69 Å². The quantitative estimate of drug-likeness (QED) is 0.808. The first kappa shape index (κ1) is 11.1. The van der Waals surface area contributed by atoms with Crippen molar-refractivity contribution in [2.24, 2.45) is 0 Å². The predicted molar refractivity (Wildman–Crippen MR) is 60.1 cm³/mol. The summed E-state index contributed by atoms with van der Waals surface area (Å²) >= 11 is 0. The van der Waals surface area contributed by atoms with Crippen LogP contribution in [-0.4, -0.2) is 40.1 Å². The molecule has 0 radical (unpaired) electrons. The maximum atomic E-state index is 12.1. The van der Waals surface area contributed by atoms with E-state index in [1.54, 1.807) is 11.0 Å². The van der Waals surface area contributed by atoms with E-state index in [4.69, 9.17) is 0 Å². The van der Waals surface area contributed by atoms with Crippen molar-refractivity contribution in [2.45, 2.75) is 25.8 Å². The number of rotatable bonds is 2. The summed E-state index contributed by atoms with van der Waals surface area (Å²) in [5.74, 6) is -0.0692. The first-order valence-electron chi connectivity index (χ1n) is 5.58. The Morgan fingerprint density at radius 3 is 3.12 bits per heavy atom. The molecular weight excluding hydrogens is 204 g/mol. The van der Waals surface area contributed by atoms with Gasteiger partial charge in [0.2, 0.25) is 0 Å². The van der Waals surface area contributed by atoms with E-state index in [1.807, 2.05) is 19.1 Å². The second-order valence-corrected chi connectivity index (χ2v) is 4.14. The fourth-order valence-corrected chi connectivity index (χ4v) is 2.10. The number of carbonyl (C=O) groups is 1. The number of nitrogens with zero attached hydrogens (tertiary/aromatic N) is 2. The highest BCUT2D eigenvalue weighted by atomic mass is 16.3. The lowest BCUT2D eigenvalue weighted by molar-refractivity contribution is 0.0671. The average molecular weight is 220 g/mol. The molecule has 16 heavy (non-hydrogen) atoms. The molecule has 0 aromatic carbocycles. The van der Waals surface area contributed by atoms with Crippen LogP contribution in [0.2, 0.25) is 0 Å². The number of carbonyl (C=O) groups excluding carboxylic acids is 1. The first-order chi connectivity index (χ1) is 7.72. The standard InChI is InChI=1S/C12H16N2O2/c1-9-4-2-6-11(13-9)12(16)14-7-3-5-10(14)8-15/h2,4,6,10,15H,3,5,7-8H2,1H3/t10-/m1/s1. The summed E-state index contributed by atoms with van der Waals surface area (Å²) in [6.07, 6.45) is 1.84. The van der Waals surface area contributed by atoms with Crippen LogP contribution < -0.4 is 0 Å². The summed E-state index contributed by atoms with van der Waals surface area (Å²) in [5.41, 5.74) is 1.31. The topological polar surface area (TPSA) is 53.4 Å². The molecule has 4 heteroatoms. The number of amides is 1. The zero-order valence-corrected chi connectivity index (χ0v) is 9.39. The molecule has 1 fully saturated rings. The summed E-state index contributed by atoms with van der Waals surface area (Å²) in [5, 5.41) is 9.17. The van der Waals surface area contributed by atoms with Gasteiger partial charge in [0, 0.05) is 12.2 Å². The molecule has 86 valence electrons. The van der Waals surface area contributed by atoms with Crippen LogP contribution in [0.25, 0.3) is 0 Å². The Bertz CT molecular complexity index is 392. The van der Waals surface area contributed by atoms with Crippen LogP contribution in [-0.2, 0) is 0 Å². The second-order valence-electron chi connectivity index (χ2n) is 4.14. The minimum absolute atomic E-state index is 0.0326. The van der Waals surface area contributed by atoms with Crippen molar-refractivity contribution in [2.75, 3.05) is 13.2 Å². The van der Waals surface area contributed by atoms with Gasteiger partial charge < -0.3 is 10.0 Å². The zero-order valence-electron chi connectivity index (χ0n) is 9.39. The van der Waals surface area contributed by atoms with Crippen molar-refractivity contribution >= 4 is 5.91 Å². The van der Waals surface area contributed by atoms with Gasteiger partial charge >= 0.3 is 0 Å². The number of pyridine rings is 1. The third-order valence-electron chi connectivity index (χ3n) is 2.96. The third kappa shape index (κ3) is 2.07. The van der Waals surface area contributed by atoms with Crippen LogP contribution in [0.1, 0.15) is 29.0 Å². The molecule has 1 aromatic rings. The maximum Gasteiger partial charge on any atom is 0.272 e. The van der Waals surface area contributed by atoms with E-state index in [2.05, 4.69) is 4.98 Å². The van der Waals surface area contributed by atoms with Crippen molar-refractivity contribution in [3.63, 3.8) is 0 Å². The Hall–Kier alpha value is -1.42. The van der Waals surface area contributed by atoms with Crippen LogP contribution in [0.4, 0.5) is 0 Å². The summed E-state index contributed by atoms with van der Waals surface area (Å²) in [6, 6.07) is 5.39. The lowest BCUT2D eigenvalue weighted by Crippen LogP contribution is -2.38. The van der Waals surface area contributed by atoms with Gasteiger partial charge in [-0.05, 0) is 31.9 Å². The first-order valence-corrected chi connectivity index (χ1v) is 5.58. The second kappa shape index (κ2) is 4.61. The van der Waals surface area contributed by atoms with E-state index < -0.39 is 0 Å². The molecule has 1 N–H and O–H groups in total. The van der Waals surface area contributed by atoms with Crippen molar-refractivity contribution in [1.29, 1.82) is 0 Å². The number of hydrogen-bond donors (Lipinski definition) is 1. The molecule has 1 atom stereocenters. The molecule has 4 nitrogen and oxygen atoms in total. The van der Waals surface area contributed by atoms with Gasteiger partial charge in [0.15, 0.2) is 0 Å². The number of aryl methyl sites for hydroxylation is 1. The molecule has 1 aromatic heterocycles. The van der Waals surface area contributed by atoms with Crippen molar-refractivity contribution in [3.8, 4) is 0 Å². The Balaban J connectivity index is 2.18. The fourth-order valence-electron chi connectivity index (χ4n) is 2.10. The molecule has 2 heterocycles. The predicted octanol–water partition coefficient (Wildman–Crippen LogP) is 0.987. The molecular formula is C12H16N2O2. The Morgan fingerprint density at radius 2 is 2.44 bits per heavy atom. The van der Waals surface area contributed by atoms with E-state index >= 15 is 0 Å². The van der Waals surface area contributed by atoms with Crippen LogP contribution in [0.5, 0.6) is 0 Å². The largest absolute Gasteiger partial charge is 0.394 e. The lowest BCUT2D eigenvalue weighted by Gasteiger charge is -2.22. The summed E-state index contributed by atoms with van der Waals surface area (Å²) in [4.78, 5) is 18.1. The maximum absolute atomic E-state index is 12.1. The van der Waals surface area contributed by atoms with Crippen LogP contribution >= 0.6 is 0 Å². The molecule has 0 spiro atoms. The molecule has 0 aliphatic carbocycles. The van der Waals surface area contributed by atoms with Crippen LogP contribution in [0.15, 0.2) is 18.2 Å². The normalized spacial score (nSPS) is 20.1. The average Bonchev–Trinajstić information content (AvgIpc) is 2.76. The molecule has 1 aliphatic heterocycles. The van der Waals surface area contributed by atoms with E-state index in [-0.39, 0.29) is 18.6 Å². The van der Waals surface area contributed by atoms with E-state index in [0.717, 1.165) is 25.1 Å². The Morgan fingerprint density at radius 1 is 1.62 bits per heavy atom. The monoisotopic (exact) mass is 220 g/mol. The molecule has 1 aliphatic rings. The third-order valence-corrected chi connectivity index (χ3v) is 2.96. The van der Waals surface area contributed by atoms with Crippen molar-refractivity contribution in [3.05, 3.63) is 29.6 Å². The fraction of sp³-hybridized carbons (Fsp3) is 0.500. The van der Waals surface area contributed by atoms with Gasteiger partial charge in [0.25, 0.3) is 5.91 Å². The summed E-state index contributed by atoms with van der Waals surface area (Å²) in [6.45, 7) is 2.63. The minimum atomic E-state index is -0.0692. The highest BCUT2D eigenvalue weighted by Crippen LogP contribution is 2.18. The molecule has 2 rings (SSSR count). The molecule has 1 amide bonds. The Kier molecular flexibility index (Phi) is 3.19. The van der Waals surface area contributed by atoms with E-state index in [0.29, 0.717) is 5.69 Å². The molecule has 0 bridgehead atoms. The van der Waals surface area contributed by atoms with E-state index in [9.17, 15) is 9.90 Å². The molecule has 0 saturated carbocycles. The van der Waals surface area contributed by atoms with Gasteiger partial charge in [-0.1, -0.05) is 6.07 Å². The number of aromatic nitrogens is 1. The van der Waals surface area contributed by atoms with Crippen LogP contribution in [0.3, 0.4) is 0 Å². The van der Waals surface area contributed by atoms with Gasteiger partial charge in [-0.2, -0.15) is 0 Å². The zero-order chi connectivity index (χ0) is 11.5. The number of aliphatic hydroxyl groups excluding tert-OH is 1. The molecule has 1 saturated heterocycles. The Labute approximate surface area is 94.9 Å². The minimum Gasteiger partial charge on any atom is -0.394 e. The van der Waals surface area contributed by atoms with Gasteiger partial charge in [0.05, 0.1) is 12.6 Å². The number of hydrogen-bond acceptors (Lipinski definition) is 3.